The first kappa shape index (κ1) is 25.2. The van der Waals surface area contributed by atoms with Gasteiger partial charge in [0, 0.05) is 30.7 Å². The van der Waals surface area contributed by atoms with Crippen LogP contribution in [0.2, 0.25) is 0 Å². The number of carbonyl (C=O) groups excluding carboxylic acids is 1. The lowest BCUT2D eigenvalue weighted by atomic mass is 9.91. The van der Waals surface area contributed by atoms with Crippen LogP contribution in [0.3, 0.4) is 0 Å². The second kappa shape index (κ2) is 11.7. The molecule has 1 saturated carbocycles. The molecule has 2 aliphatic rings. The summed E-state index contributed by atoms with van der Waals surface area (Å²) in [5, 5.41) is 0. The molecule has 1 atom stereocenters. The third-order valence-corrected chi connectivity index (χ3v) is 6.96. The van der Waals surface area contributed by atoms with Crippen LogP contribution >= 0.6 is 0 Å². The number of alkyl halides is 2. The highest BCUT2D eigenvalue weighted by atomic mass is 19.3. The molecule has 5 nitrogen and oxygen atoms in total. The Kier molecular flexibility index (Phi) is 8.39. The third-order valence-electron chi connectivity index (χ3n) is 6.96. The van der Waals surface area contributed by atoms with Crippen LogP contribution in [0.1, 0.15) is 54.9 Å². The van der Waals surface area contributed by atoms with E-state index in [-0.39, 0.29) is 17.4 Å². The molecule has 0 bridgehead atoms. The minimum absolute atomic E-state index is 0.0855. The van der Waals surface area contributed by atoms with Gasteiger partial charge in [-0.15, -0.1) is 0 Å². The smallest absolute Gasteiger partial charge is 0.387 e. The fraction of sp³-hybridized carbons (Fsp3) is 0.464. The van der Waals surface area contributed by atoms with Gasteiger partial charge in [-0.3, -0.25) is 9.69 Å². The molecule has 0 unspecified atom stereocenters. The molecule has 2 fully saturated rings. The minimum atomic E-state index is -2.97. The molecule has 35 heavy (non-hydrogen) atoms. The van der Waals surface area contributed by atoms with E-state index in [0.29, 0.717) is 30.7 Å². The van der Waals surface area contributed by atoms with E-state index in [4.69, 9.17) is 4.74 Å². The van der Waals surface area contributed by atoms with Crippen molar-refractivity contribution in [2.75, 3.05) is 26.7 Å². The van der Waals surface area contributed by atoms with Crippen molar-refractivity contribution in [1.82, 2.24) is 9.80 Å². The number of methoxy groups -OCH3 is 1. The maximum atomic E-state index is 13.7. The van der Waals surface area contributed by atoms with E-state index in [9.17, 15) is 13.6 Å². The van der Waals surface area contributed by atoms with Gasteiger partial charge in [-0.2, -0.15) is 8.78 Å². The Morgan fingerprint density at radius 2 is 1.89 bits per heavy atom. The number of ether oxygens (including phenoxy) is 2. The Balaban J connectivity index is 1.57. The quantitative estimate of drug-likeness (QED) is 0.424. The number of hydrogen-bond donors (Lipinski definition) is 0. The Bertz CT molecular complexity index is 1020. The lowest BCUT2D eigenvalue weighted by Crippen LogP contribution is -2.49. The zero-order chi connectivity index (χ0) is 24.8. The molecule has 1 heterocycles. The minimum Gasteiger partial charge on any atom is -0.493 e. The molecule has 0 N–H and O–H groups in total. The summed E-state index contributed by atoms with van der Waals surface area (Å²) >= 11 is 0. The predicted molar refractivity (Wildman–Crippen MR) is 133 cm³/mol. The van der Waals surface area contributed by atoms with Gasteiger partial charge in [-0.1, -0.05) is 48.4 Å². The Morgan fingerprint density at radius 3 is 2.54 bits per heavy atom. The monoisotopic (exact) mass is 484 g/mol. The van der Waals surface area contributed by atoms with Crippen LogP contribution in [-0.4, -0.2) is 61.1 Å². The van der Waals surface area contributed by atoms with Crippen molar-refractivity contribution < 1.29 is 23.0 Å². The molecule has 7 heteroatoms. The first-order valence-electron chi connectivity index (χ1n) is 12.3. The average Bonchev–Trinajstić information content (AvgIpc) is 3.25. The van der Waals surface area contributed by atoms with Crippen molar-refractivity contribution in [3.63, 3.8) is 0 Å². The van der Waals surface area contributed by atoms with E-state index < -0.39 is 6.61 Å². The number of nitrogens with zero attached hydrogens (tertiary/aromatic N) is 2. The van der Waals surface area contributed by atoms with Gasteiger partial charge in [0.2, 0.25) is 0 Å². The van der Waals surface area contributed by atoms with E-state index >= 15 is 0 Å². The van der Waals surface area contributed by atoms with Crippen LogP contribution in [0.5, 0.6) is 11.5 Å². The Labute approximate surface area is 206 Å². The largest absolute Gasteiger partial charge is 0.493 e. The van der Waals surface area contributed by atoms with Crippen LogP contribution in [0, 0.1) is 0 Å². The van der Waals surface area contributed by atoms with Crippen molar-refractivity contribution in [3.05, 3.63) is 65.2 Å². The summed E-state index contributed by atoms with van der Waals surface area (Å²) in [4.78, 5) is 18.2. The van der Waals surface area contributed by atoms with Gasteiger partial charge in [0.15, 0.2) is 11.5 Å². The second-order valence-electron chi connectivity index (χ2n) is 9.45. The zero-order valence-corrected chi connectivity index (χ0v) is 20.5. The maximum Gasteiger partial charge on any atom is 0.387 e. The van der Waals surface area contributed by atoms with Crippen LogP contribution in [0.15, 0.2) is 54.1 Å². The van der Waals surface area contributed by atoms with Crippen molar-refractivity contribution in [2.24, 2.45) is 0 Å². The highest BCUT2D eigenvalue weighted by molar-refractivity contribution is 5.95. The summed E-state index contributed by atoms with van der Waals surface area (Å²) in [7, 11) is 1.38. The van der Waals surface area contributed by atoms with Gasteiger partial charge < -0.3 is 14.4 Å². The number of likely N-dealkylation sites (tertiary alicyclic amines) is 1. The molecule has 1 aliphatic heterocycles. The summed E-state index contributed by atoms with van der Waals surface area (Å²) in [6, 6.07) is 15.4. The van der Waals surface area contributed by atoms with E-state index in [1.807, 2.05) is 42.2 Å². The topological polar surface area (TPSA) is 42.0 Å². The molecule has 4 rings (SSSR count). The summed E-state index contributed by atoms with van der Waals surface area (Å²) < 4.78 is 35.3. The van der Waals surface area contributed by atoms with Gasteiger partial charge in [0.1, 0.15) is 0 Å². The van der Waals surface area contributed by atoms with E-state index in [1.54, 1.807) is 0 Å². The summed E-state index contributed by atoms with van der Waals surface area (Å²) in [6.45, 7) is 1.27. The second-order valence-corrected chi connectivity index (χ2v) is 9.45. The lowest BCUT2D eigenvalue weighted by Gasteiger charge is -2.40. The van der Waals surface area contributed by atoms with Crippen LogP contribution in [0.4, 0.5) is 8.78 Å². The summed E-state index contributed by atoms with van der Waals surface area (Å²) in [5.74, 6) is -0.115. The van der Waals surface area contributed by atoms with Gasteiger partial charge in [-0.25, -0.2) is 0 Å². The third kappa shape index (κ3) is 6.40. The molecule has 1 amide bonds. The van der Waals surface area contributed by atoms with Crippen LogP contribution in [0.25, 0.3) is 6.08 Å². The molecule has 0 radical (unpaired) electrons. The maximum absolute atomic E-state index is 13.7. The van der Waals surface area contributed by atoms with Crippen LogP contribution < -0.4 is 9.47 Å². The normalized spacial score (nSPS) is 19.0. The molecule has 188 valence electrons. The van der Waals surface area contributed by atoms with Gasteiger partial charge in [-0.05, 0) is 62.9 Å². The molecular weight excluding hydrogens is 450 g/mol. The molecule has 2 aromatic rings. The Hall–Kier alpha value is -2.93. The zero-order valence-electron chi connectivity index (χ0n) is 20.5. The van der Waals surface area contributed by atoms with Crippen molar-refractivity contribution >= 4 is 12.0 Å². The first-order valence-corrected chi connectivity index (χ1v) is 12.3. The van der Waals surface area contributed by atoms with Gasteiger partial charge in [0.05, 0.1) is 7.11 Å². The number of carbonyl (C=O) groups is 1. The molecule has 0 spiro atoms. The predicted octanol–water partition coefficient (Wildman–Crippen LogP) is 5.86. The van der Waals surface area contributed by atoms with Crippen molar-refractivity contribution in [3.8, 4) is 11.5 Å². The summed E-state index contributed by atoms with van der Waals surface area (Å²) in [6.07, 6.45) is 8.07. The van der Waals surface area contributed by atoms with Crippen molar-refractivity contribution in [1.29, 1.82) is 0 Å². The lowest BCUT2D eigenvalue weighted by molar-refractivity contribution is -0.0512. The SMILES string of the molecule is COc1cc(C(=O)N(CC(C)=Cc2ccccc2)C[C@@H]2CCCN2C2CCC2)ccc1OC(F)F. The average molecular weight is 485 g/mol. The molecular formula is C28H34F2N2O3. The van der Waals surface area contributed by atoms with Gasteiger partial charge in [0.25, 0.3) is 5.91 Å². The van der Waals surface area contributed by atoms with E-state index in [1.165, 1.54) is 44.6 Å². The number of hydrogen-bond acceptors (Lipinski definition) is 4. The number of amides is 1. The fourth-order valence-corrected chi connectivity index (χ4v) is 5.08. The van der Waals surface area contributed by atoms with Crippen molar-refractivity contribution in [2.45, 2.75) is 57.7 Å². The summed E-state index contributed by atoms with van der Waals surface area (Å²) in [5.41, 5.74) is 2.55. The van der Waals surface area contributed by atoms with E-state index in [0.717, 1.165) is 30.5 Å². The molecule has 0 aromatic heterocycles. The first-order chi connectivity index (χ1) is 16.9. The number of rotatable bonds is 10. The van der Waals surface area contributed by atoms with Gasteiger partial charge >= 0.3 is 6.61 Å². The molecule has 1 aliphatic carbocycles. The molecule has 2 aromatic carbocycles. The number of halogens is 2. The van der Waals surface area contributed by atoms with E-state index in [2.05, 4.69) is 15.7 Å². The molecule has 1 saturated heterocycles. The number of benzene rings is 2. The Morgan fingerprint density at radius 1 is 1.11 bits per heavy atom. The fourth-order valence-electron chi connectivity index (χ4n) is 5.08. The highest BCUT2D eigenvalue weighted by Gasteiger charge is 2.35. The standard InChI is InChI=1S/C28H34F2N2O3/c1-20(16-21-8-4-3-5-9-21)18-31(19-24-12-7-15-32(24)23-10-6-11-23)27(33)22-13-14-25(35-28(29)30)26(17-22)34-2/h3-5,8-9,13-14,16-17,23-24,28H,6-7,10-12,15,18-19H2,1-2H3/t24-/m0/s1. The highest BCUT2D eigenvalue weighted by Crippen LogP contribution is 2.33. The van der Waals surface area contributed by atoms with Crippen LogP contribution in [-0.2, 0) is 0 Å².